The largest absolute Gasteiger partial charge is 0.495 e. The van der Waals surface area contributed by atoms with Crippen LogP contribution in [0, 0.1) is 17.0 Å². The number of fused-ring (bicyclic) bond motifs is 1. The first-order chi connectivity index (χ1) is 15.1. The van der Waals surface area contributed by atoms with Gasteiger partial charge in [0.1, 0.15) is 17.0 Å². The van der Waals surface area contributed by atoms with Crippen LogP contribution in [0.2, 0.25) is 5.02 Å². The van der Waals surface area contributed by atoms with Crippen LogP contribution in [0.3, 0.4) is 0 Å². The fourth-order valence-corrected chi connectivity index (χ4v) is 4.82. The minimum Gasteiger partial charge on any atom is -0.495 e. The molecule has 32 heavy (non-hydrogen) atoms. The van der Waals surface area contributed by atoms with Gasteiger partial charge in [-0.1, -0.05) is 17.7 Å². The Hall–Kier alpha value is -3.44. The number of aromatic nitrogens is 1. The summed E-state index contributed by atoms with van der Waals surface area (Å²) in [5, 5.41) is 19.7. The third-order valence-electron chi connectivity index (χ3n) is 4.53. The van der Waals surface area contributed by atoms with Crippen LogP contribution in [0.15, 0.2) is 51.6 Å². The minimum absolute atomic E-state index is 0.102. The van der Waals surface area contributed by atoms with E-state index in [4.69, 9.17) is 16.3 Å². The monoisotopic (exact) mass is 477 g/mol. The summed E-state index contributed by atoms with van der Waals surface area (Å²) in [5.41, 5.74) is 0.699. The fourth-order valence-electron chi connectivity index (χ4n) is 3.05. The topological polar surface area (TPSA) is 119 Å². The number of hydrogen-bond donors (Lipinski definition) is 0. The van der Waals surface area contributed by atoms with Gasteiger partial charge in [-0.05, 0) is 30.7 Å². The van der Waals surface area contributed by atoms with E-state index in [0.29, 0.717) is 5.56 Å². The van der Waals surface area contributed by atoms with Crippen molar-refractivity contribution >= 4 is 50.8 Å². The van der Waals surface area contributed by atoms with Gasteiger partial charge in [-0.2, -0.15) is 5.10 Å². The molecule has 3 rings (SSSR count). The molecular weight excluding hydrogens is 458 g/mol. The number of halogens is 1. The Morgan fingerprint density at radius 1 is 1.25 bits per heavy atom. The lowest BCUT2D eigenvalue weighted by molar-refractivity contribution is -0.383. The zero-order valence-corrected chi connectivity index (χ0v) is 19.3. The zero-order chi connectivity index (χ0) is 23.6. The predicted molar refractivity (Wildman–Crippen MR) is 124 cm³/mol. The number of nitrogens with zero attached hydrogens (tertiary/aromatic N) is 5. The molecule has 0 atom stereocenters. The molecule has 2 aromatic carbocycles. The van der Waals surface area contributed by atoms with E-state index in [1.54, 1.807) is 25.9 Å². The highest BCUT2D eigenvalue weighted by Crippen LogP contribution is 2.36. The molecule has 0 radical (unpaired) electrons. The van der Waals surface area contributed by atoms with Crippen molar-refractivity contribution in [3.63, 3.8) is 0 Å². The van der Waals surface area contributed by atoms with Gasteiger partial charge in [-0.15, -0.1) is 5.10 Å². The molecule has 12 heteroatoms. The highest BCUT2D eigenvalue weighted by atomic mass is 35.5. The molecule has 0 fully saturated rings. The number of non-ortho nitro benzene ring substituents is 1. The van der Waals surface area contributed by atoms with Crippen molar-refractivity contribution in [3.8, 4) is 5.75 Å². The molecule has 0 bridgehead atoms. The molecule has 0 aliphatic heterocycles. The van der Waals surface area contributed by atoms with Gasteiger partial charge < -0.3 is 9.64 Å². The molecular formula is C20H20ClN5O5S. The Labute approximate surface area is 189 Å². The van der Waals surface area contributed by atoms with Crippen molar-refractivity contribution in [2.75, 3.05) is 21.2 Å². The lowest BCUT2D eigenvalue weighted by atomic mass is 10.1. The van der Waals surface area contributed by atoms with Crippen LogP contribution in [-0.4, -0.2) is 56.0 Å². The number of nitro groups is 1. The first kappa shape index (κ1) is 23.2. The molecule has 0 spiro atoms. The van der Waals surface area contributed by atoms with Gasteiger partial charge in [0.25, 0.3) is 15.7 Å². The first-order valence-electron chi connectivity index (χ1n) is 9.19. The van der Waals surface area contributed by atoms with Crippen molar-refractivity contribution in [1.82, 2.24) is 8.87 Å². The molecule has 0 aliphatic rings. The summed E-state index contributed by atoms with van der Waals surface area (Å²) in [7, 11) is 0.616. The average Bonchev–Trinajstić information content (AvgIpc) is 3.12. The second-order valence-corrected chi connectivity index (χ2v) is 9.20. The van der Waals surface area contributed by atoms with Crippen LogP contribution in [0.25, 0.3) is 10.9 Å². The van der Waals surface area contributed by atoms with Crippen LogP contribution < -0.4 is 4.74 Å². The molecule has 0 N–H and O–H groups in total. The lowest BCUT2D eigenvalue weighted by Gasteiger charge is -2.13. The van der Waals surface area contributed by atoms with Crippen LogP contribution in [0.5, 0.6) is 5.75 Å². The van der Waals surface area contributed by atoms with E-state index in [1.807, 2.05) is 0 Å². The normalized spacial score (nSPS) is 12.2. The van der Waals surface area contributed by atoms with Crippen LogP contribution in [0.4, 0.5) is 5.69 Å². The van der Waals surface area contributed by atoms with Crippen molar-refractivity contribution < 1.29 is 18.1 Å². The third-order valence-corrected chi connectivity index (χ3v) is 6.63. The van der Waals surface area contributed by atoms with Crippen molar-refractivity contribution in [2.45, 2.75) is 11.8 Å². The number of rotatable bonds is 7. The van der Waals surface area contributed by atoms with E-state index >= 15 is 0 Å². The highest BCUT2D eigenvalue weighted by Gasteiger charge is 2.28. The molecule has 0 amide bonds. The Morgan fingerprint density at radius 2 is 1.97 bits per heavy atom. The van der Waals surface area contributed by atoms with Gasteiger partial charge in [0.05, 0.1) is 29.2 Å². The number of nitro benzene ring substituents is 1. The van der Waals surface area contributed by atoms with E-state index in [9.17, 15) is 18.5 Å². The average molecular weight is 478 g/mol. The van der Waals surface area contributed by atoms with E-state index in [2.05, 4.69) is 10.2 Å². The van der Waals surface area contributed by atoms with Crippen molar-refractivity contribution in [1.29, 1.82) is 0 Å². The minimum atomic E-state index is -4.24. The molecule has 0 aliphatic carbocycles. The van der Waals surface area contributed by atoms with Gasteiger partial charge in [0, 0.05) is 36.9 Å². The lowest BCUT2D eigenvalue weighted by Crippen LogP contribution is -2.13. The number of ether oxygens (including phenoxy) is 1. The van der Waals surface area contributed by atoms with Gasteiger partial charge in [0.15, 0.2) is 0 Å². The summed E-state index contributed by atoms with van der Waals surface area (Å²) in [6.45, 7) is 1.72. The molecule has 1 aromatic heterocycles. The van der Waals surface area contributed by atoms with Crippen molar-refractivity contribution in [2.24, 2.45) is 10.2 Å². The van der Waals surface area contributed by atoms with E-state index in [-0.39, 0.29) is 37.8 Å². The highest BCUT2D eigenvalue weighted by molar-refractivity contribution is 7.90. The fraction of sp³-hybridized carbons (Fsp3) is 0.200. The summed E-state index contributed by atoms with van der Waals surface area (Å²) >= 11 is 6.18. The Kier molecular flexibility index (Phi) is 6.51. The van der Waals surface area contributed by atoms with E-state index in [1.165, 1.54) is 56.2 Å². The van der Waals surface area contributed by atoms with E-state index in [0.717, 1.165) is 3.97 Å². The zero-order valence-electron chi connectivity index (χ0n) is 17.7. The number of hydrogen-bond acceptors (Lipinski definition) is 7. The standard InChI is InChI=1S/C20H20ClN5O5S/c1-13-8-18(31-4)19(9-15(13)21)32(29,30)25-11-14(10-22-23-12-24(2)3)20-16(25)6-5-7-17(20)26(27)28/h5-12H,1-4H3/b22-10+,23-12+. The summed E-state index contributed by atoms with van der Waals surface area (Å²) in [6, 6.07) is 6.99. The Bertz CT molecular complexity index is 1360. The second-order valence-electron chi connectivity index (χ2n) is 7.01. The Balaban J connectivity index is 2.31. The third kappa shape index (κ3) is 4.30. The Morgan fingerprint density at radius 3 is 2.59 bits per heavy atom. The number of benzene rings is 2. The summed E-state index contributed by atoms with van der Waals surface area (Å²) < 4.78 is 33.4. The molecule has 168 valence electrons. The maximum atomic E-state index is 13.6. The van der Waals surface area contributed by atoms with Gasteiger partial charge in [-0.25, -0.2) is 12.4 Å². The van der Waals surface area contributed by atoms with E-state index < -0.39 is 14.9 Å². The van der Waals surface area contributed by atoms with Crippen LogP contribution >= 0.6 is 11.6 Å². The van der Waals surface area contributed by atoms with Gasteiger partial charge >= 0.3 is 0 Å². The van der Waals surface area contributed by atoms with Gasteiger partial charge in [0.2, 0.25) is 0 Å². The summed E-state index contributed by atoms with van der Waals surface area (Å²) in [6.07, 6.45) is 3.95. The number of aryl methyl sites for hydroxylation is 1. The maximum absolute atomic E-state index is 13.6. The second kappa shape index (κ2) is 8.97. The SMILES string of the molecule is COc1cc(C)c(Cl)cc1S(=O)(=O)n1cc(/C=N/N=C/N(C)C)c2c([N+](=O)[O-])cccc21. The quantitative estimate of drug-likeness (QED) is 0.221. The van der Waals surface area contributed by atoms with Gasteiger partial charge in [-0.3, -0.25) is 10.1 Å². The maximum Gasteiger partial charge on any atom is 0.279 e. The molecule has 0 saturated carbocycles. The smallest absolute Gasteiger partial charge is 0.279 e. The summed E-state index contributed by atoms with van der Waals surface area (Å²) in [4.78, 5) is 12.5. The summed E-state index contributed by atoms with van der Waals surface area (Å²) in [5.74, 6) is 0.102. The molecule has 10 nitrogen and oxygen atoms in total. The predicted octanol–water partition coefficient (Wildman–Crippen LogP) is 3.68. The van der Waals surface area contributed by atoms with Crippen LogP contribution in [-0.2, 0) is 10.0 Å². The first-order valence-corrected chi connectivity index (χ1v) is 11.0. The molecule has 0 unspecified atom stereocenters. The molecule has 3 aromatic rings. The number of methoxy groups -OCH3 is 1. The van der Waals surface area contributed by atoms with Crippen molar-refractivity contribution in [3.05, 3.63) is 62.8 Å². The molecule has 0 saturated heterocycles. The van der Waals surface area contributed by atoms with Crippen LogP contribution in [0.1, 0.15) is 11.1 Å². The molecule has 1 heterocycles.